The highest BCUT2D eigenvalue weighted by molar-refractivity contribution is 6.01. The lowest BCUT2D eigenvalue weighted by Crippen LogP contribution is -2.58. The van der Waals surface area contributed by atoms with E-state index in [0.717, 1.165) is 0 Å². The molecule has 2 heterocycles. The molecule has 1 amide bonds. The number of anilines is 2. The van der Waals surface area contributed by atoms with Gasteiger partial charge in [-0.1, -0.05) is 26.0 Å². The van der Waals surface area contributed by atoms with Gasteiger partial charge in [-0.25, -0.2) is 4.39 Å². The Bertz CT molecular complexity index is 1050. The number of hydrogen-bond donors (Lipinski definition) is 2. The van der Waals surface area contributed by atoms with Gasteiger partial charge in [0.2, 0.25) is 5.91 Å². The lowest BCUT2D eigenvalue weighted by atomic mass is 9.73. The summed E-state index contributed by atoms with van der Waals surface area (Å²) < 4.78 is 62.5. The molecule has 0 fully saturated rings. The van der Waals surface area contributed by atoms with Crippen molar-refractivity contribution < 1.29 is 32.2 Å². The van der Waals surface area contributed by atoms with E-state index in [4.69, 9.17) is 4.74 Å². The molecule has 2 aromatic carbocycles. The molecule has 0 bridgehead atoms. The molecule has 32 heavy (non-hydrogen) atoms. The number of benzene rings is 2. The van der Waals surface area contributed by atoms with Crippen molar-refractivity contribution in [2.75, 3.05) is 29.9 Å². The van der Waals surface area contributed by atoms with Crippen LogP contribution in [-0.2, 0) is 16.6 Å². The number of β-amino-alcohol motifs (C(OH)–C–C–N with tert-alkyl or cyclic N) is 1. The smallest absolute Gasteiger partial charge is 0.418 e. The van der Waals surface area contributed by atoms with Gasteiger partial charge >= 0.3 is 6.18 Å². The predicted octanol–water partition coefficient (Wildman–Crippen LogP) is 4.18. The maximum absolute atomic E-state index is 14.2. The highest BCUT2D eigenvalue weighted by atomic mass is 19.4. The Kier molecular flexibility index (Phi) is 5.35. The number of carbonyl (C=O) groups is 1. The Morgan fingerprint density at radius 2 is 1.91 bits per heavy atom. The number of halogens is 4. The number of nitrogens with one attached hydrogen (secondary N) is 1. The Labute approximate surface area is 183 Å². The molecule has 2 aromatic rings. The normalized spacial score (nSPS) is 17.8. The average Bonchev–Trinajstić information content (AvgIpc) is 3.14. The first-order valence-corrected chi connectivity index (χ1v) is 10.3. The topological polar surface area (TPSA) is 61.8 Å². The van der Waals surface area contributed by atoms with Crippen LogP contribution in [0.2, 0.25) is 0 Å². The Morgan fingerprint density at radius 1 is 1.19 bits per heavy atom. The lowest BCUT2D eigenvalue weighted by Gasteiger charge is -2.42. The third-order valence-corrected chi connectivity index (χ3v) is 6.05. The van der Waals surface area contributed by atoms with Gasteiger partial charge < -0.3 is 20.1 Å². The van der Waals surface area contributed by atoms with Crippen LogP contribution in [0, 0.1) is 5.82 Å². The summed E-state index contributed by atoms with van der Waals surface area (Å²) in [5.74, 6) is -0.651. The average molecular weight is 452 g/mol. The largest absolute Gasteiger partial charge is 0.493 e. The molecule has 2 aliphatic heterocycles. The minimum Gasteiger partial charge on any atom is -0.493 e. The van der Waals surface area contributed by atoms with E-state index in [1.807, 2.05) is 0 Å². The fourth-order valence-corrected chi connectivity index (χ4v) is 4.60. The van der Waals surface area contributed by atoms with Crippen LogP contribution in [-0.4, -0.2) is 42.5 Å². The summed E-state index contributed by atoms with van der Waals surface area (Å²) >= 11 is 0. The molecule has 0 spiro atoms. The van der Waals surface area contributed by atoms with Gasteiger partial charge in [0.15, 0.2) is 5.60 Å². The molecule has 9 heteroatoms. The van der Waals surface area contributed by atoms with Gasteiger partial charge in [-0.2, -0.15) is 13.2 Å². The molecule has 2 N–H and O–H groups in total. The zero-order chi connectivity index (χ0) is 23.3. The maximum Gasteiger partial charge on any atom is 0.418 e. The van der Waals surface area contributed by atoms with Crippen LogP contribution < -0.4 is 15.0 Å². The summed E-state index contributed by atoms with van der Waals surface area (Å²) in [5, 5.41) is 13.6. The third kappa shape index (κ3) is 4.01. The summed E-state index contributed by atoms with van der Waals surface area (Å²) in [4.78, 5) is 13.3. The number of alkyl halides is 3. The number of carbonyl (C=O) groups excluding carboxylic acids is 1. The van der Waals surface area contributed by atoms with Crippen LogP contribution in [0.4, 0.5) is 28.9 Å². The first kappa shape index (κ1) is 22.4. The standard InChI is InChI=1S/C23H24F4N2O3/c1-21(2,16-10-15(24)9-14-7-8-32-20(14)16)12-22(31,23(25,26)27)13-29-11-19(30)28-17-5-3-4-6-18(17)29/h3-6,9-10,31H,7-8,11-13H2,1-2H3,(H,28,30). The highest BCUT2D eigenvalue weighted by Gasteiger charge is 2.57. The van der Waals surface area contributed by atoms with Crippen molar-refractivity contribution in [3.63, 3.8) is 0 Å². The fraction of sp³-hybridized carbons (Fsp3) is 0.435. The number of aliphatic hydroxyl groups is 1. The Hall–Kier alpha value is -2.81. The van der Waals surface area contributed by atoms with Gasteiger partial charge in [-0.05, 0) is 36.1 Å². The Morgan fingerprint density at radius 3 is 2.62 bits per heavy atom. The van der Waals surface area contributed by atoms with E-state index in [1.165, 1.54) is 30.9 Å². The fourth-order valence-electron chi connectivity index (χ4n) is 4.60. The number of fused-ring (bicyclic) bond motifs is 2. The molecular weight excluding hydrogens is 428 g/mol. The van der Waals surface area contributed by atoms with Crippen LogP contribution in [0.5, 0.6) is 5.75 Å². The van der Waals surface area contributed by atoms with E-state index in [2.05, 4.69) is 5.32 Å². The molecule has 1 unspecified atom stereocenters. The number of amides is 1. The van der Waals surface area contributed by atoms with E-state index in [9.17, 15) is 27.5 Å². The van der Waals surface area contributed by atoms with E-state index < -0.39 is 41.9 Å². The number of ether oxygens (including phenoxy) is 1. The Balaban J connectivity index is 1.70. The molecule has 172 valence electrons. The van der Waals surface area contributed by atoms with Crippen LogP contribution in [0.3, 0.4) is 0 Å². The monoisotopic (exact) mass is 452 g/mol. The second kappa shape index (κ2) is 7.65. The van der Waals surface area contributed by atoms with Gasteiger partial charge in [0.1, 0.15) is 11.6 Å². The molecule has 2 aliphatic rings. The highest BCUT2D eigenvalue weighted by Crippen LogP contribution is 2.46. The summed E-state index contributed by atoms with van der Waals surface area (Å²) in [7, 11) is 0. The molecule has 0 radical (unpaired) electrons. The molecule has 0 saturated heterocycles. The van der Waals surface area contributed by atoms with E-state index in [1.54, 1.807) is 24.3 Å². The van der Waals surface area contributed by atoms with Crippen LogP contribution >= 0.6 is 0 Å². The van der Waals surface area contributed by atoms with Crippen molar-refractivity contribution >= 4 is 17.3 Å². The summed E-state index contributed by atoms with van der Waals surface area (Å²) in [6.07, 6.45) is -5.27. The van der Waals surface area contributed by atoms with E-state index in [-0.39, 0.29) is 12.1 Å². The first-order chi connectivity index (χ1) is 14.9. The minimum atomic E-state index is -5.00. The van der Waals surface area contributed by atoms with Gasteiger partial charge in [-0.3, -0.25) is 4.79 Å². The number of nitrogens with zero attached hydrogens (tertiary/aromatic N) is 1. The van der Waals surface area contributed by atoms with Crippen molar-refractivity contribution in [1.29, 1.82) is 0 Å². The number of para-hydroxylation sites is 2. The lowest BCUT2D eigenvalue weighted by molar-refractivity contribution is -0.262. The molecule has 0 aromatic heterocycles. The molecule has 4 rings (SSSR count). The third-order valence-electron chi connectivity index (χ3n) is 6.05. The van der Waals surface area contributed by atoms with Gasteiger partial charge in [0.05, 0.1) is 31.1 Å². The summed E-state index contributed by atoms with van der Waals surface area (Å²) in [6, 6.07) is 8.97. The summed E-state index contributed by atoms with van der Waals surface area (Å²) in [6.45, 7) is 2.21. The van der Waals surface area contributed by atoms with Crippen LogP contribution in [0.15, 0.2) is 36.4 Å². The molecular formula is C23H24F4N2O3. The van der Waals surface area contributed by atoms with Crippen LogP contribution in [0.1, 0.15) is 31.4 Å². The minimum absolute atomic E-state index is 0.282. The molecule has 1 atom stereocenters. The quantitative estimate of drug-likeness (QED) is 0.669. The first-order valence-electron chi connectivity index (χ1n) is 10.3. The zero-order valence-electron chi connectivity index (χ0n) is 17.7. The maximum atomic E-state index is 14.2. The second-order valence-corrected chi connectivity index (χ2v) is 9.05. The molecule has 5 nitrogen and oxygen atoms in total. The van der Waals surface area contributed by atoms with Gasteiger partial charge in [0, 0.05) is 17.5 Å². The zero-order valence-corrected chi connectivity index (χ0v) is 17.7. The van der Waals surface area contributed by atoms with Crippen molar-refractivity contribution in [2.45, 2.75) is 43.9 Å². The predicted molar refractivity (Wildman–Crippen MR) is 112 cm³/mol. The molecule has 0 aliphatic carbocycles. The van der Waals surface area contributed by atoms with Crippen molar-refractivity contribution in [2.24, 2.45) is 0 Å². The second-order valence-electron chi connectivity index (χ2n) is 9.05. The van der Waals surface area contributed by atoms with Crippen molar-refractivity contribution in [3.8, 4) is 5.75 Å². The van der Waals surface area contributed by atoms with Gasteiger partial charge in [0.25, 0.3) is 0 Å². The van der Waals surface area contributed by atoms with Crippen molar-refractivity contribution in [3.05, 3.63) is 53.3 Å². The van der Waals surface area contributed by atoms with Gasteiger partial charge in [-0.15, -0.1) is 0 Å². The van der Waals surface area contributed by atoms with Crippen LogP contribution in [0.25, 0.3) is 0 Å². The molecule has 0 saturated carbocycles. The van der Waals surface area contributed by atoms with E-state index in [0.29, 0.717) is 35.7 Å². The van der Waals surface area contributed by atoms with Crippen molar-refractivity contribution in [1.82, 2.24) is 0 Å². The van der Waals surface area contributed by atoms with E-state index >= 15 is 0 Å². The number of rotatable bonds is 5. The SMILES string of the molecule is CC(C)(CC(O)(CN1CC(=O)Nc2ccccc21)C(F)(F)F)c1cc(F)cc2c1OCC2. The number of hydrogen-bond acceptors (Lipinski definition) is 4. The summed E-state index contributed by atoms with van der Waals surface area (Å²) in [5.41, 5.74) is -2.79.